The van der Waals surface area contributed by atoms with Crippen molar-refractivity contribution in [1.29, 1.82) is 0 Å². The summed E-state index contributed by atoms with van der Waals surface area (Å²) < 4.78 is 0. The molecule has 2 heterocycles. The summed E-state index contributed by atoms with van der Waals surface area (Å²) in [6.07, 6.45) is 3.37. The largest absolute Gasteiger partial charge is 0.395 e. The van der Waals surface area contributed by atoms with Crippen LogP contribution in [0.5, 0.6) is 0 Å². The minimum Gasteiger partial charge on any atom is -0.395 e. The van der Waals surface area contributed by atoms with Crippen LogP contribution >= 0.6 is 0 Å². The van der Waals surface area contributed by atoms with Crippen molar-refractivity contribution in [3.63, 3.8) is 0 Å². The molecule has 0 atom stereocenters. The Balaban J connectivity index is 1.61. The molecule has 23 heavy (non-hydrogen) atoms. The quantitative estimate of drug-likeness (QED) is 0.867. The van der Waals surface area contributed by atoms with Gasteiger partial charge in [-0.2, -0.15) is 0 Å². The molecule has 1 aliphatic rings. The lowest BCUT2D eigenvalue weighted by atomic mass is 10.2. The van der Waals surface area contributed by atoms with Crippen LogP contribution in [0.3, 0.4) is 0 Å². The number of pyridine rings is 1. The van der Waals surface area contributed by atoms with Crippen molar-refractivity contribution in [1.82, 2.24) is 14.8 Å². The Kier molecular flexibility index (Phi) is 5.00. The van der Waals surface area contributed by atoms with Gasteiger partial charge in [0.1, 0.15) is 0 Å². The Morgan fingerprint density at radius 3 is 2.70 bits per heavy atom. The monoisotopic (exact) mass is 311 g/mol. The normalized spacial score (nSPS) is 16.3. The molecule has 1 fully saturated rings. The molecule has 1 aromatic heterocycles. The number of aliphatic hydroxyl groups excluding tert-OH is 1. The van der Waals surface area contributed by atoms with E-state index in [4.69, 9.17) is 5.11 Å². The summed E-state index contributed by atoms with van der Waals surface area (Å²) in [5.41, 5.74) is 1.72. The number of hydrogen-bond donors (Lipinski definition) is 1. The van der Waals surface area contributed by atoms with E-state index in [1.54, 1.807) is 12.2 Å². The zero-order valence-electron chi connectivity index (χ0n) is 13.1. The van der Waals surface area contributed by atoms with Crippen molar-refractivity contribution in [3.8, 4) is 0 Å². The molecule has 1 amide bonds. The van der Waals surface area contributed by atoms with Gasteiger partial charge in [0.05, 0.1) is 17.8 Å². The van der Waals surface area contributed by atoms with Gasteiger partial charge in [-0.05, 0) is 18.2 Å². The number of β-amino-alcohol motifs (C(OH)–C–C–N with tert-alkyl or cyclic N) is 1. The highest BCUT2D eigenvalue weighted by Gasteiger charge is 2.18. The SMILES string of the molecule is O=C(C=Cc1ccc2ccccc2n1)N1CCN(CCO)CC1. The van der Waals surface area contributed by atoms with Crippen molar-refractivity contribution < 1.29 is 9.90 Å². The van der Waals surface area contributed by atoms with Gasteiger partial charge in [0.15, 0.2) is 0 Å². The fraction of sp³-hybridized carbons (Fsp3) is 0.333. The average molecular weight is 311 g/mol. The van der Waals surface area contributed by atoms with Gasteiger partial charge in [0, 0.05) is 44.2 Å². The van der Waals surface area contributed by atoms with E-state index in [1.165, 1.54) is 0 Å². The molecule has 120 valence electrons. The molecule has 0 bridgehead atoms. The van der Waals surface area contributed by atoms with Gasteiger partial charge in [-0.15, -0.1) is 0 Å². The standard InChI is InChI=1S/C18H21N3O2/c22-14-13-20-9-11-21(12-10-20)18(23)8-7-16-6-5-15-3-1-2-4-17(15)19-16/h1-8,22H,9-14H2. The number of aliphatic hydroxyl groups is 1. The lowest BCUT2D eigenvalue weighted by Gasteiger charge is -2.33. The summed E-state index contributed by atoms with van der Waals surface area (Å²) in [5.74, 6) is 0.0172. The smallest absolute Gasteiger partial charge is 0.246 e. The first-order valence-corrected chi connectivity index (χ1v) is 7.92. The number of carbonyl (C=O) groups is 1. The van der Waals surface area contributed by atoms with Crippen LogP contribution in [0.25, 0.3) is 17.0 Å². The van der Waals surface area contributed by atoms with Crippen molar-refractivity contribution >= 4 is 22.9 Å². The third-order valence-electron chi connectivity index (χ3n) is 4.12. The molecule has 1 N–H and O–H groups in total. The first kappa shape index (κ1) is 15.6. The van der Waals surface area contributed by atoms with Crippen LogP contribution in [0.4, 0.5) is 0 Å². The zero-order chi connectivity index (χ0) is 16.1. The molecular weight excluding hydrogens is 290 g/mol. The summed E-state index contributed by atoms with van der Waals surface area (Å²) in [6, 6.07) is 11.9. The lowest BCUT2D eigenvalue weighted by Crippen LogP contribution is -2.48. The Bertz CT molecular complexity index is 706. The molecule has 3 rings (SSSR count). The molecule has 5 heteroatoms. The molecule has 0 saturated carbocycles. The number of para-hydroxylation sites is 1. The second-order valence-electron chi connectivity index (χ2n) is 5.65. The number of fused-ring (bicyclic) bond motifs is 1. The maximum atomic E-state index is 12.2. The van der Waals surface area contributed by atoms with Gasteiger partial charge < -0.3 is 10.0 Å². The number of amides is 1. The lowest BCUT2D eigenvalue weighted by molar-refractivity contribution is -0.127. The van der Waals surface area contributed by atoms with E-state index in [-0.39, 0.29) is 12.5 Å². The van der Waals surface area contributed by atoms with E-state index in [9.17, 15) is 4.79 Å². The topological polar surface area (TPSA) is 56.7 Å². The molecule has 1 aliphatic heterocycles. The summed E-state index contributed by atoms with van der Waals surface area (Å²) >= 11 is 0. The summed E-state index contributed by atoms with van der Waals surface area (Å²) in [4.78, 5) is 20.8. The van der Waals surface area contributed by atoms with E-state index in [1.807, 2.05) is 41.3 Å². The van der Waals surface area contributed by atoms with Crippen molar-refractivity contribution in [2.45, 2.75) is 0 Å². The molecule has 5 nitrogen and oxygen atoms in total. The number of piperazine rings is 1. The number of carbonyl (C=O) groups excluding carboxylic acids is 1. The average Bonchev–Trinajstić information content (AvgIpc) is 2.60. The van der Waals surface area contributed by atoms with Gasteiger partial charge in [-0.1, -0.05) is 24.3 Å². The minimum atomic E-state index is 0.0172. The summed E-state index contributed by atoms with van der Waals surface area (Å²) in [5, 5.41) is 10.0. The predicted molar refractivity (Wildman–Crippen MR) is 90.9 cm³/mol. The molecular formula is C18H21N3O2. The van der Waals surface area contributed by atoms with Crippen LogP contribution in [0.15, 0.2) is 42.5 Å². The maximum Gasteiger partial charge on any atom is 0.246 e. The first-order chi connectivity index (χ1) is 11.3. The highest BCUT2D eigenvalue weighted by atomic mass is 16.3. The molecule has 1 aromatic carbocycles. The van der Waals surface area contributed by atoms with Crippen LogP contribution in [-0.4, -0.2) is 65.1 Å². The number of hydrogen-bond acceptors (Lipinski definition) is 4. The van der Waals surface area contributed by atoms with Crippen LogP contribution in [0.2, 0.25) is 0 Å². The third kappa shape index (κ3) is 3.94. The van der Waals surface area contributed by atoms with Gasteiger partial charge in [-0.3, -0.25) is 9.69 Å². The molecule has 0 unspecified atom stereocenters. The van der Waals surface area contributed by atoms with E-state index in [0.29, 0.717) is 19.6 Å². The second-order valence-corrected chi connectivity index (χ2v) is 5.65. The number of nitrogens with zero attached hydrogens (tertiary/aromatic N) is 3. The van der Waals surface area contributed by atoms with Crippen molar-refractivity contribution in [3.05, 3.63) is 48.2 Å². The van der Waals surface area contributed by atoms with E-state index < -0.39 is 0 Å². The number of rotatable bonds is 4. The van der Waals surface area contributed by atoms with Gasteiger partial charge in [-0.25, -0.2) is 4.98 Å². The van der Waals surface area contributed by atoms with E-state index in [0.717, 1.165) is 29.7 Å². The van der Waals surface area contributed by atoms with Crippen molar-refractivity contribution in [2.75, 3.05) is 39.3 Å². The second kappa shape index (κ2) is 7.35. The highest BCUT2D eigenvalue weighted by Crippen LogP contribution is 2.12. The van der Waals surface area contributed by atoms with E-state index >= 15 is 0 Å². The van der Waals surface area contributed by atoms with Gasteiger partial charge >= 0.3 is 0 Å². The van der Waals surface area contributed by atoms with Crippen molar-refractivity contribution in [2.24, 2.45) is 0 Å². The van der Waals surface area contributed by atoms with E-state index in [2.05, 4.69) is 9.88 Å². The highest BCUT2D eigenvalue weighted by molar-refractivity contribution is 5.92. The Morgan fingerprint density at radius 2 is 1.91 bits per heavy atom. The Morgan fingerprint density at radius 1 is 1.13 bits per heavy atom. The Labute approximate surface area is 135 Å². The first-order valence-electron chi connectivity index (χ1n) is 7.92. The molecule has 0 spiro atoms. The predicted octanol–water partition coefficient (Wildman–Crippen LogP) is 1.38. The minimum absolute atomic E-state index is 0.0172. The number of aromatic nitrogens is 1. The zero-order valence-corrected chi connectivity index (χ0v) is 13.1. The fourth-order valence-electron chi connectivity index (χ4n) is 2.77. The van der Waals surface area contributed by atoms with Gasteiger partial charge in [0.25, 0.3) is 0 Å². The van der Waals surface area contributed by atoms with Crippen LogP contribution in [0, 0.1) is 0 Å². The molecule has 2 aromatic rings. The maximum absolute atomic E-state index is 12.2. The molecule has 1 saturated heterocycles. The molecule has 0 radical (unpaired) electrons. The fourth-order valence-corrected chi connectivity index (χ4v) is 2.77. The Hall–Kier alpha value is -2.24. The van der Waals surface area contributed by atoms with Crippen LogP contribution < -0.4 is 0 Å². The molecule has 0 aliphatic carbocycles. The third-order valence-corrected chi connectivity index (χ3v) is 4.12. The van der Waals surface area contributed by atoms with Crippen LogP contribution in [0.1, 0.15) is 5.69 Å². The summed E-state index contributed by atoms with van der Waals surface area (Å²) in [7, 11) is 0. The summed E-state index contributed by atoms with van der Waals surface area (Å²) in [6.45, 7) is 3.88. The number of benzene rings is 1. The van der Waals surface area contributed by atoms with Crippen LogP contribution in [-0.2, 0) is 4.79 Å². The van der Waals surface area contributed by atoms with Gasteiger partial charge in [0.2, 0.25) is 5.91 Å².